The Hall–Kier alpha value is -3.28. The first-order valence-corrected chi connectivity index (χ1v) is 7.87. The van der Waals surface area contributed by atoms with Crippen LogP contribution in [0.1, 0.15) is 5.89 Å². The van der Waals surface area contributed by atoms with Gasteiger partial charge in [0, 0.05) is 12.2 Å². The monoisotopic (exact) mass is 337 g/mol. The highest BCUT2D eigenvalue weighted by atomic mass is 16.6. The maximum absolute atomic E-state index is 11.8. The topological polar surface area (TPSA) is 70.8 Å². The number of carbonyl (C=O) groups is 1. The molecule has 0 aliphatic carbocycles. The largest absolute Gasteiger partial charge is 0.486 e. The van der Waals surface area contributed by atoms with Crippen LogP contribution >= 0.6 is 0 Å². The van der Waals surface area contributed by atoms with Gasteiger partial charge in [-0.1, -0.05) is 24.3 Å². The van der Waals surface area contributed by atoms with Gasteiger partial charge >= 0.3 is 5.97 Å². The predicted molar refractivity (Wildman–Crippen MR) is 90.4 cm³/mol. The fourth-order valence-corrected chi connectivity index (χ4v) is 2.47. The van der Waals surface area contributed by atoms with E-state index in [0.717, 1.165) is 5.52 Å². The van der Waals surface area contributed by atoms with E-state index >= 15 is 0 Å². The smallest absolute Gasteiger partial charge is 0.331 e. The Kier molecular flexibility index (Phi) is 4.08. The Morgan fingerprint density at radius 3 is 2.84 bits per heavy atom. The first-order chi connectivity index (χ1) is 12.3. The molecule has 0 saturated carbocycles. The minimum atomic E-state index is -0.496. The van der Waals surface area contributed by atoms with Crippen molar-refractivity contribution in [3.8, 4) is 11.5 Å². The average Bonchev–Trinajstić information content (AvgIpc) is 3.07. The molecule has 0 amide bonds. The quantitative estimate of drug-likeness (QED) is 0.538. The van der Waals surface area contributed by atoms with Gasteiger partial charge in [-0.2, -0.15) is 0 Å². The van der Waals surface area contributed by atoms with Gasteiger partial charge in [0.15, 0.2) is 23.2 Å². The lowest BCUT2D eigenvalue weighted by molar-refractivity contribution is -0.140. The van der Waals surface area contributed by atoms with Crippen LogP contribution in [0.2, 0.25) is 0 Å². The molecule has 2 aromatic carbocycles. The van der Waals surface area contributed by atoms with Crippen LogP contribution in [0.25, 0.3) is 17.2 Å². The van der Waals surface area contributed by atoms with E-state index in [-0.39, 0.29) is 12.7 Å². The normalized spacial score (nSPS) is 16.2. The highest BCUT2D eigenvalue weighted by molar-refractivity contribution is 5.86. The molecule has 0 radical (unpaired) electrons. The van der Waals surface area contributed by atoms with Crippen molar-refractivity contribution in [2.75, 3.05) is 13.2 Å². The van der Waals surface area contributed by atoms with Crippen LogP contribution in [0.4, 0.5) is 0 Å². The molecule has 25 heavy (non-hydrogen) atoms. The van der Waals surface area contributed by atoms with Crippen molar-refractivity contribution in [3.63, 3.8) is 0 Å². The van der Waals surface area contributed by atoms with E-state index in [1.54, 1.807) is 0 Å². The summed E-state index contributed by atoms with van der Waals surface area (Å²) in [5.41, 5.74) is 1.41. The molecule has 126 valence electrons. The van der Waals surface area contributed by atoms with Gasteiger partial charge in [0.25, 0.3) is 0 Å². The van der Waals surface area contributed by atoms with Crippen LogP contribution < -0.4 is 9.47 Å². The second-order valence-corrected chi connectivity index (χ2v) is 5.48. The summed E-state index contributed by atoms with van der Waals surface area (Å²) in [7, 11) is 0. The third-order valence-electron chi connectivity index (χ3n) is 3.65. The summed E-state index contributed by atoms with van der Waals surface area (Å²) in [6, 6.07) is 14.8. The van der Waals surface area contributed by atoms with Crippen LogP contribution in [-0.4, -0.2) is 30.3 Å². The molecule has 1 aliphatic rings. The summed E-state index contributed by atoms with van der Waals surface area (Å²) >= 11 is 0. The predicted octanol–water partition coefficient (Wildman–Crippen LogP) is 3.22. The Morgan fingerprint density at radius 2 is 1.96 bits per heavy atom. The van der Waals surface area contributed by atoms with Gasteiger partial charge < -0.3 is 18.6 Å². The van der Waals surface area contributed by atoms with Crippen molar-refractivity contribution < 1.29 is 23.4 Å². The molecule has 0 spiro atoms. The summed E-state index contributed by atoms with van der Waals surface area (Å²) in [4.78, 5) is 16.1. The van der Waals surface area contributed by atoms with Gasteiger partial charge in [0.1, 0.15) is 18.7 Å². The number of fused-ring (bicyclic) bond motifs is 2. The first kappa shape index (κ1) is 15.3. The van der Waals surface area contributed by atoms with Gasteiger partial charge in [0.05, 0.1) is 0 Å². The number of carbonyl (C=O) groups excluding carboxylic acids is 1. The van der Waals surface area contributed by atoms with Gasteiger partial charge in [-0.3, -0.25) is 0 Å². The second-order valence-electron chi connectivity index (χ2n) is 5.48. The Balaban J connectivity index is 1.32. The highest BCUT2D eigenvalue weighted by Crippen LogP contribution is 2.30. The summed E-state index contributed by atoms with van der Waals surface area (Å²) < 4.78 is 22.0. The third-order valence-corrected chi connectivity index (χ3v) is 3.65. The average molecular weight is 337 g/mol. The van der Waals surface area contributed by atoms with E-state index < -0.39 is 5.97 Å². The molecule has 0 saturated heterocycles. The van der Waals surface area contributed by atoms with Crippen LogP contribution in [0.3, 0.4) is 0 Å². The molecule has 1 aromatic heterocycles. The third kappa shape index (κ3) is 3.47. The fraction of sp³-hybridized carbons (Fsp3) is 0.158. The van der Waals surface area contributed by atoms with E-state index in [1.807, 2.05) is 48.5 Å². The van der Waals surface area contributed by atoms with Crippen molar-refractivity contribution in [3.05, 3.63) is 60.5 Å². The SMILES string of the molecule is O=C(/C=C/c1nc2ccccc2o1)OCC1COc2ccccc2O1. The number of hydrogen-bond acceptors (Lipinski definition) is 6. The Morgan fingerprint density at radius 1 is 1.16 bits per heavy atom. The number of esters is 1. The standard InChI is InChI=1S/C19H15NO5/c21-19(10-9-18-20-14-5-1-2-6-15(14)25-18)23-12-13-11-22-16-7-3-4-8-17(16)24-13/h1-10,13H,11-12H2/b10-9+. The maximum atomic E-state index is 11.8. The van der Waals surface area contributed by atoms with Crippen molar-refractivity contribution in [2.24, 2.45) is 0 Å². The molecule has 4 rings (SSSR count). The van der Waals surface area contributed by atoms with Gasteiger partial charge in [-0.25, -0.2) is 9.78 Å². The number of benzene rings is 2. The summed E-state index contributed by atoms with van der Waals surface area (Å²) in [5.74, 6) is 1.20. The molecule has 6 nitrogen and oxygen atoms in total. The van der Waals surface area contributed by atoms with Crippen molar-refractivity contribution in [1.82, 2.24) is 4.98 Å². The van der Waals surface area contributed by atoms with Gasteiger partial charge in [-0.05, 0) is 24.3 Å². The van der Waals surface area contributed by atoms with Crippen LogP contribution in [0.5, 0.6) is 11.5 Å². The molecule has 0 bridgehead atoms. The zero-order chi connectivity index (χ0) is 17.1. The number of rotatable bonds is 4. The molecule has 6 heteroatoms. The van der Waals surface area contributed by atoms with Crippen LogP contribution in [0, 0.1) is 0 Å². The Bertz CT molecular complexity index is 897. The summed E-state index contributed by atoms with van der Waals surface area (Å²) in [6.45, 7) is 0.435. The van der Waals surface area contributed by atoms with E-state index in [4.69, 9.17) is 18.6 Å². The van der Waals surface area contributed by atoms with Crippen molar-refractivity contribution >= 4 is 23.1 Å². The van der Waals surface area contributed by atoms with Crippen molar-refractivity contribution in [2.45, 2.75) is 6.10 Å². The lowest BCUT2D eigenvalue weighted by Crippen LogP contribution is -2.34. The van der Waals surface area contributed by atoms with Crippen molar-refractivity contribution in [1.29, 1.82) is 0 Å². The maximum Gasteiger partial charge on any atom is 0.331 e. The molecule has 2 heterocycles. The minimum absolute atomic E-state index is 0.102. The van der Waals surface area contributed by atoms with Crippen LogP contribution in [-0.2, 0) is 9.53 Å². The summed E-state index contributed by atoms with van der Waals surface area (Å²) in [6.07, 6.45) is 2.43. The zero-order valence-electron chi connectivity index (χ0n) is 13.3. The fourth-order valence-electron chi connectivity index (χ4n) is 2.47. The number of aromatic nitrogens is 1. The van der Waals surface area contributed by atoms with E-state index in [0.29, 0.717) is 29.6 Å². The molecule has 1 aliphatic heterocycles. The summed E-state index contributed by atoms with van der Waals surface area (Å²) in [5, 5.41) is 0. The molecular weight excluding hydrogens is 322 g/mol. The number of ether oxygens (including phenoxy) is 3. The lowest BCUT2D eigenvalue weighted by atomic mass is 10.3. The number of nitrogens with zero attached hydrogens (tertiary/aromatic N) is 1. The minimum Gasteiger partial charge on any atom is -0.486 e. The molecule has 3 aromatic rings. The van der Waals surface area contributed by atoms with E-state index in [2.05, 4.69) is 4.98 Å². The molecule has 1 unspecified atom stereocenters. The number of hydrogen-bond donors (Lipinski definition) is 0. The molecule has 0 N–H and O–H groups in total. The highest BCUT2D eigenvalue weighted by Gasteiger charge is 2.21. The molecule has 1 atom stereocenters. The number of oxazole rings is 1. The zero-order valence-corrected chi connectivity index (χ0v) is 13.3. The number of para-hydroxylation sites is 4. The van der Waals surface area contributed by atoms with Gasteiger partial charge in [0.2, 0.25) is 5.89 Å². The molecule has 0 fully saturated rings. The van der Waals surface area contributed by atoms with Crippen LogP contribution in [0.15, 0.2) is 59.0 Å². The van der Waals surface area contributed by atoms with E-state index in [9.17, 15) is 4.79 Å². The van der Waals surface area contributed by atoms with Gasteiger partial charge in [-0.15, -0.1) is 0 Å². The van der Waals surface area contributed by atoms with E-state index in [1.165, 1.54) is 12.2 Å². The Labute approximate surface area is 143 Å². The second kappa shape index (κ2) is 6.68. The molecular formula is C19H15NO5. The lowest BCUT2D eigenvalue weighted by Gasteiger charge is -2.25. The first-order valence-electron chi connectivity index (χ1n) is 7.87.